The van der Waals surface area contributed by atoms with Gasteiger partial charge in [-0.15, -0.1) is 0 Å². The molecule has 0 spiro atoms. The van der Waals surface area contributed by atoms with Crippen LogP contribution < -0.4 is 5.73 Å². The standard InChI is InChI=1S/C11H18N4O2S2/c1-14-7-11(13-8-14)19(16,17)15(6-10(12)18)9-4-2-3-5-9/h7-9H,2-6H2,1H3,(H2,12,18). The Bertz CT molecular complexity index is 561. The third kappa shape index (κ3) is 3.13. The topological polar surface area (TPSA) is 81.2 Å². The van der Waals surface area contributed by atoms with Gasteiger partial charge in [-0.2, -0.15) is 4.31 Å². The quantitative estimate of drug-likeness (QED) is 0.807. The maximum Gasteiger partial charge on any atom is 0.262 e. The SMILES string of the molecule is Cn1cnc(S(=O)(=O)N(CC(N)=S)C2CCCC2)c1. The molecular weight excluding hydrogens is 284 g/mol. The van der Waals surface area contributed by atoms with Gasteiger partial charge < -0.3 is 10.3 Å². The van der Waals surface area contributed by atoms with Crippen LogP contribution in [0.15, 0.2) is 17.6 Å². The molecule has 1 aliphatic carbocycles. The van der Waals surface area contributed by atoms with E-state index < -0.39 is 10.0 Å². The van der Waals surface area contributed by atoms with Gasteiger partial charge in [0.15, 0.2) is 5.03 Å². The highest BCUT2D eigenvalue weighted by molar-refractivity contribution is 7.89. The number of hydrogen-bond donors (Lipinski definition) is 1. The molecule has 0 saturated heterocycles. The minimum Gasteiger partial charge on any atom is -0.392 e. The van der Waals surface area contributed by atoms with Crippen LogP contribution in [0.2, 0.25) is 0 Å². The Labute approximate surface area is 118 Å². The fraction of sp³-hybridized carbons (Fsp3) is 0.636. The lowest BCUT2D eigenvalue weighted by Crippen LogP contribution is -2.43. The molecule has 1 fully saturated rings. The summed E-state index contributed by atoms with van der Waals surface area (Å²) in [6, 6.07) is -0.0199. The monoisotopic (exact) mass is 302 g/mol. The predicted molar refractivity (Wildman–Crippen MR) is 76.1 cm³/mol. The van der Waals surface area contributed by atoms with Crippen molar-refractivity contribution in [1.82, 2.24) is 13.9 Å². The molecule has 0 aromatic carbocycles. The predicted octanol–water partition coefficient (Wildman–Crippen LogP) is 0.639. The van der Waals surface area contributed by atoms with Crippen molar-refractivity contribution >= 4 is 27.2 Å². The average Bonchev–Trinajstić information content (AvgIpc) is 2.96. The van der Waals surface area contributed by atoms with Crippen LogP contribution >= 0.6 is 12.2 Å². The number of rotatable bonds is 5. The summed E-state index contributed by atoms with van der Waals surface area (Å²) in [5.74, 6) is 0. The smallest absolute Gasteiger partial charge is 0.262 e. The minimum absolute atomic E-state index is 0.0199. The number of nitrogens with two attached hydrogens (primary N) is 1. The highest BCUT2D eigenvalue weighted by Crippen LogP contribution is 2.27. The zero-order chi connectivity index (χ0) is 14.0. The molecule has 19 heavy (non-hydrogen) atoms. The average molecular weight is 302 g/mol. The second kappa shape index (κ2) is 5.56. The largest absolute Gasteiger partial charge is 0.392 e. The number of aromatic nitrogens is 2. The lowest BCUT2D eigenvalue weighted by Gasteiger charge is -2.26. The molecular formula is C11H18N4O2S2. The summed E-state index contributed by atoms with van der Waals surface area (Å²) < 4.78 is 28.2. The Hall–Kier alpha value is -0.990. The maximum atomic E-state index is 12.6. The molecule has 1 saturated carbocycles. The van der Waals surface area contributed by atoms with Gasteiger partial charge in [0.2, 0.25) is 0 Å². The molecule has 1 aromatic rings. The van der Waals surface area contributed by atoms with Gasteiger partial charge in [0.1, 0.15) is 0 Å². The summed E-state index contributed by atoms with van der Waals surface area (Å²) in [6.45, 7) is 0.0822. The Morgan fingerprint density at radius 3 is 2.68 bits per heavy atom. The molecule has 0 amide bonds. The van der Waals surface area contributed by atoms with Crippen LogP contribution in [0.4, 0.5) is 0 Å². The van der Waals surface area contributed by atoms with Crippen LogP contribution in [0.1, 0.15) is 25.7 Å². The first-order valence-corrected chi connectivity index (χ1v) is 8.04. The van der Waals surface area contributed by atoms with E-state index in [1.807, 2.05) is 0 Å². The molecule has 0 atom stereocenters. The first-order valence-electron chi connectivity index (χ1n) is 6.19. The molecule has 0 radical (unpaired) electrons. The molecule has 1 heterocycles. The van der Waals surface area contributed by atoms with Gasteiger partial charge in [0.05, 0.1) is 17.9 Å². The summed E-state index contributed by atoms with van der Waals surface area (Å²) in [6.07, 6.45) is 6.76. The fourth-order valence-corrected chi connectivity index (χ4v) is 4.25. The van der Waals surface area contributed by atoms with Gasteiger partial charge >= 0.3 is 0 Å². The minimum atomic E-state index is -3.62. The first kappa shape index (κ1) is 14.4. The lowest BCUT2D eigenvalue weighted by molar-refractivity contribution is 0.354. The second-order valence-electron chi connectivity index (χ2n) is 4.83. The van der Waals surface area contributed by atoms with Gasteiger partial charge in [-0.1, -0.05) is 25.1 Å². The molecule has 1 aliphatic rings. The van der Waals surface area contributed by atoms with Gasteiger partial charge in [-0.05, 0) is 12.8 Å². The van der Waals surface area contributed by atoms with Crippen molar-refractivity contribution in [2.24, 2.45) is 12.8 Å². The number of nitrogens with zero attached hydrogens (tertiary/aromatic N) is 3. The Morgan fingerprint density at radius 1 is 1.58 bits per heavy atom. The van der Waals surface area contributed by atoms with Gasteiger partial charge in [-0.3, -0.25) is 0 Å². The maximum absolute atomic E-state index is 12.6. The lowest BCUT2D eigenvalue weighted by atomic mass is 10.2. The van der Waals surface area contributed by atoms with Crippen molar-refractivity contribution in [1.29, 1.82) is 0 Å². The number of aryl methyl sites for hydroxylation is 1. The highest BCUT2D eigenvalue weighted by Gasteiger charge is 2.34. The molecule has 1 aromatic heterocycles. The summed E-state index contributed by atoms with van der Waals surface area (Å²) in [5.41, 5.74) is 5.54. The van der Waals surface area contributed by atoms with Crippen molar-refractivity contribution in [2.45, 2.75) is 36.8 Å². The van der Waals surface area contributed by atoms with Crippen LogP contribution in [-0.4, -0.2) is 39.8 Å². The summed E-state index contributed by atoms with van der Waals surface area (Å²) in [4.78, 5) is 4.12. The molecule has 0 bridgehead atoms. The molecule has 6 nitrogen and oxygen atoms in total. The van der Waals surface area contributed by atoms with Crippen molar-refractivity contribution in [3.63, 3.8) is 0 Å². The van der Waals surface area contributed by atoms with Crippen LogP contribution in [0.25, 0.3) is 0 Å². The third-order valence-corrected chi connectivity index (χ3v) is 5.21. The number of thiocarbonyl (C=S) groups is 1. The van der Waals surface area contributed by atoms with E-state index in [4.69, 9.17) is 18.0 Å². The Morgan fingerprint density at radius 2 is 2.21 bits per heavy atom. The third-order valence-electron chi connectivity index (χ3n) is 3.30. The van der Waals surface area contributed by atoms with E-state index in [0.717, 1.165) is 25.7 Å². The summed E-state index contributed by atoms with van der Waals surface area (Å²) in [5, 5.41) is 0.0538. The van der Waals surface area contributed by atoms with Crippen LogP contribution in [0, 0.1) is 0 Å². The van der Waals surface area contributed by atoms with Crippen molar-refractivity contribution < 1.29 is 8.42 Å². The highest BCUT2D eigenvalue weighted by atomic mass is 32.2. The normalized spacial score (nSPS) is 17.2. The Balaban J connectivity index is 2.33. The molecule has 2 rings (SSSR count). The zero-order valence-corrected chi connectivity index (χ0v) is 12.5. The van der Waals surface area contributed by atoms with E-state index in [0.29, 0.717) is 0 Å². The van der Waals surface area contributed by atoms with Gasteiger partial charge in [-0.25, -0.2) is 13.4 Å². The van der Waals surface area contributed by atoms with E-state index >= 15 is 0 Å². The fourth-order valence-electron chi connectivity index (χ4n) is 2.40. The van der Waals surface area contributed by atoms with Crippen LogP contribution in [0.3, 0.4) is 0 Å². The first-order chi connectivity index (χ1) is 8.91. The molecule has 106 valence electrons. The molecule has 2 N–H and O–H groups in total. The zero-order valence-electron chi connectivity index (χ0n) is 10.8. The number of hydrogen-bond acceptors (Lipinski definition) is 4. The van der Waals surface area contributed by atoms with Crippen LogP contribution in [0.5, 0.6) is 0 Å². The molecule has 0 unspecified atom stereocenters. The van der Waals surface area contributed by atoms with Crippen molar-refractivity contribution in [2.75, 3.05) is 6.54 Å². The van der Waals surface area contributed by atoms with Gasteiger partial charge in [0.25, 0.3) is 10.0 Å². The number of sulfonamides is 1. The second-order valence-corrected chi connectivity index (χ2v) is 7.19. The molecule has 0 aliphatic heterocycles. The van der Waals surface area contributed by atoms with E-state index in [1.54, 1.807) is 11.6 Å². The Kier molecular flexibility index (Phi) is 4.22. The van der Waals surface area contributed by atoms with Crippen LogP contribution in [-0.2, 0) is 17.1 Å². The van der Waals surface area contributed by atoms with E-state index in [1.165, 1.54) is 16.8 Å². The summed E-state index contributed by atoms with van der Waals surface area (Å²) >= 11 is 4.88. The summed E-state index contributed by atoms with van der Waals surface area (Å²) in [7, 11) is -1.89. The van der Waals surface area contributed by atoms with E-state index in [-0.39, 0.29) is 22.6 Å². The van der Waals surface area contributed by atoms with E-state index in [9.17, 15) is 8.42 Å². The van der Waals surface area contributed by atoms with E-state index in [2.05, 4.69) is 4.98 Å². The van der Waals surface area contributed by atoms with Crippen molar-refractivity contribution in [3.8, 4) is 0 Å². The number of imidazole rings is 1. The van der Waals surface area contributed by atoms with Crippen molar-refractivity contribution in [3.05, 3.63) is 12.5 Å². The van der Waals surface area contributed by atoms with Gasteiger partial charge in [0, 0.05) is 19.3 Å². The molecule has 8 heteroatoms.